The molecule has 0 radical (unpaired) electrons. The SMILES string of the molecule is CCCCCC1=C(OC)C(=O)c2ccccc2C1=O. The Morgan fingerprint density at radius 3 is 2.21 bits per heavy atom. The van der Waals surface area contributed by atoms with Crippen molar-refractivity contribution in [3.8, 4) is 0 Å². The fourth-order valence-electron chi connectivity index (χ4n) is 2.40. The van der Waals surface area contributed by atoms with E-state index in [1.165, 1.54) is 7.11 Å². The Morgan fingerprint density at radius 2 is 1.63 bits per heavy atom. The third-order valence-corrected chi connectivity index (χ3v) is 3.41. The lowest BCUT2D eigenvalue weighted by Crippen LogP contribution is -2.23. The standard InChI is InChI=1S/C16H18O3/c1-3-4-5-10-13-14(17)11-8-6-7-9-12(11)15(18)16(13)19-2/h6-9H,3-5,10H2,1-2H3. The van der Waals surface area contributed by atoms with Gasteiger partial charge in [0.2, 0.25) is 5.78 Å². The molecule has 19 heavy (non-hydrogen) atoms. The molecule has 1 aromatic carbocycles. The third kappa shape index (κ3) is 2.46. The van der Waals surface area contributed by atoms with Gasteiger partial charge in [-0.1, -0.05) is 44.0 Å². The molecule has 0 unspecified atom stereocenters. The number of carbonyl (C=O) groups excluding carboxylic acids is 2. The summed E-state index contributed by atoms with van der Waals surface area (Å²) in [4.78, 5) is 24.7. The lowest BCUT2D eigenvalue weighted by atomic mass is 9.86. The Labute approximate surface area is 113 Å². The Morgan fingerprint density at radius 1 is 1.00 bits per heavy atom. The highest BCUT2D eigenvalue weighted by Gasteiger charge is 2.32. The number of methoxy groups -OCH3 is 1. The monoisotopic (exact) mass is 258 g/mol. The van der Waals surface area contributed by atoms with Crippen molar-refractivity contribution in [1.82, 2.24) is 0 Å². The van der Waals surface area contributed by atoms with E-state index in [0.717, 1.165) is 19.3 Å². The van der Waals surface area contributed by atoms with Crippen molar-refractivity contribution in [2.75, 3.05) is 7.11 Å². The lowest BCUT2D eigenvalue weighted by molar-refractivity contribution is 0.0902. The van der Waals surface area contributed by atoms with Crippen LogP contribution in [0.3, 0.4) is 0 Å². The molecule has 0 spiro atoms. The van der Waals surface area contributed by atoms with Crippen molar-refractivity contribution in [1.29, 1.82) is 0 Å². The number of rotatable bonds is 5. The molecule has 0 N–H and O–H groups in total. The van der Waals surface area contributed by atoms with Gasteiger partial charge < -0.3 is 4.74 Å². The van der Waals surface area contributed by atoms with Crippen LogP contribution in [0, 0.1) is 0 Å². The number of ether oxygens (including phenoxy) is 1. The molecule has 0 saturated carbocycles. The first-order valence-electron chi connectivity index (χ1n) is 6.66. The maximum Gasteiger partial charge on any atom is 0.228 e. The van der Waals surface area contributed by atoms with Crippen molar-refractivity contribution in [3.05, 3.63) is 46.7 Å². The maximum atomic E-state index is 12.4. The summed E-state index contributed by atoms with van der Waals surface area (Å²) in [6.45, 7) is 2.11. The number of Topliss-reactive ketones (excluding diaryl/α,β-unsaturated/α-hetero) is 2. The van der Waals surface area contributed by atoms with Gasteiger partial charge in [0.15, 0.2) is 11.5 Å². The molecule has 0 heterocycles. The number of unbranched alkanes of at least 4 members (excludes halogenated alkanes) is 2. The molecule has 100 valence electrons. The molecule has 0 amide bonds. The second kappa shape index (κ2) is 5.83. The van der Waals surface area contributed by atoms with E-state index in [0.29, 0.717) is 23.1 Å². The van der Waals surface area contributed by atoms with Gasteiger partial charge >= 0.3 is 0 Å². The Hall–Kier alpha value is -1.90. The van der Waals surface area contributed by atoms with Crippen molar-refractivity contribution in [2.45, 2.75) is 32.6 Å². The summed E-state index contributed by atoms with van der Waals surface area (Å²) in [6.07, 6.45) is 3.63. The van der Waals surface area contributed by atoms with Gasteiger partial charge in [-0.15, -0.1) is 0 Å². The predicted octanol–water partition coefficient (Wildman–Crippen LogP) is 3.55. The number of fused-ring (bicyclic) bond motifs is 1. The van der Waals surface area contributed by atoms with Crippen LogP contribution in [0.1, 0.15) is 53.3 Å². The normalized spacial score (nSPS) is 14.6. The van der Waals surface area contributed by atoms with Crippen molar-refractivity contribution < 1.29 is 14.3 Å². The first-order chi connectivity index (χ1) is 9.20. The van der Waals surface area contributed by atoms with E-state index in [4.69, 9.17) is 4.74 Å². The number of allylic oxidation sites excluding steroid dienone is 2. The quantitative estimate of drug-likeness (QED) is 0.759. The highest BCUT2D eigenvalue weighted by atomic mass is 16.5. The maximum absolute atomic E-state index is 12.4. The Kier molecular flexibility index (Phi) is 4.15. The van der Waals surface area contributed by atoms with Crippen LogP contribution >= 0.6 is 0 Å². The first-order valence-corrected chi connectivity index (χ1v) is 6.66. The lowest BCUT2D eigenvalue weighted by Gasteiger charge is -2.19. The van der Waals surface area contributed by atoms with Crippen LogP contribution in [-0.2, 0) is 4.74 Å². The Balaban J connectivity index is 2.39. The van der Waals surface area contributed by atoms with Gasteiger partial charge in [-0.3, -0.25) is 9.59 Å². The zero-order valence-electron chi connectivity index (χ0n) is 11.4. The minimum Gasteiger partial charge on any atom is -0.492 e. The third-order valence-electron chi connectivity index (χ3n) is 3.41. The van der Waals surface area contributed by atoms with E-state index in [2.05, 4.69) is 6.92 Å². The molecule has 0 aromatic heterocycles. The zero-order chi connectivity index (χ0) is 13.8. The summed E-state index contributed by atoms with van der Waals surface area (Å²) in [7, 11) is 1.45. The van der Waals surface area contributed by atoms with Crippen LogP contribution in [0.5, 0.6) is 0 Å². The van der Waals surface area contributed by atoms with E-state index < -0.39 is 0 Å². The smallest absolute Gasteiger partial charge is 0.228 e. The van der Waals surface area contributed by atoms with E-state index in [9.17, 15) is 9.59 Å². The largest absolute Gasteiger partial charge is 0.492 e. The number of carbonyl (C=O) groups is 2. The molecule has 1 aromatic rings. The van der Waals surface area contributed by atoms with Gasteiger partial charge in [-0.2, -0.15) is 0 Å². The number of hydrogen-bond donors (Lipinski definition) is 0. The summed E-state index contributed by atoms with van der Waals surface area (Å²) in [6, 6.07) is 6.93. The molecule has 0 fully saturated rings. The second-order valence-corrected chi connectivity index (χ2v) is 4.67. The molecule has 1 aliphatic carbocycles. The van der Waals surface area contributed by atoms with Crippen molar-refractivity contribution in [3.63, 3.8) is 0 Å². The van der Waals surface area contributed by atoms with Gasteiger partial charge in [0.05, 0.1) is 7.11 Å². The van der Waals surface area contributed by atoms with Gasteiger partial charge in [0.1, 0.15) is 0 Å². The number of benzene rings is 1. The molecule has 2 rings (SSSR count). The molecule has 1 aliphatic rings. The summed E-state index contributed by atoms with van der Waals surface area (Å²) in [5, 5.41) is 0. The zero-order valence-corrected chi connectivity index (χ0v) is 11.4. The molecule has 3 nitrogen and oxygen atoms in total. The van der Waals surface area contributed by atoms with Crippen LogP contribution in [-0.4, -0.2) is 18.7 Å². The van der Waals surface area contributed by atoms with Crippen molar-refractivity contribution >= 4 is 11.6 Å². The van der Waals surface area contributed by atoms with Gasteiger partial charge in [-0.25, -0.2) is 0 Å². The van der Waals surface area contributed by atoms with Gasteiger partial charge in [0, 0.05) is 16.7 Å². The van der Waals surface area contributed by atoms with Crippen LogP contribution in [0.25, 0.3) is 0 Å². The summed E-state index contributed by atoms with van der Waals surface area (Å²) in [5.41, 5.74) is 1.48. The molecule has 0 aliphatic heterocycles. The second-order valence-electron chi connectivity index (χ2n) is 4.67. The molecule has 0 bridgehead atoms. The van der Waals surface area contributed by atoms with E-state index in [1.807, 2.05) is 0 Å². The topological polar surface area (TPSA) is 43.4 Å². The fourth-order valence-corrected chi connectivity index (χ4v) is 2.40. The molecule has 0 atom stereocenters. The molecule has 0 saturated heterocycles. The van der Waals surface area contributed by atoms with Crippen molar-refractivity contribution in [2.24, 2.45) is 0 Å². The Bertz CT molecular complexity index is 541. The molecule has 3 heteroatoms. The average Bonchev–Trinajstić information content (AvgIpc) is 2.44. The minimum atomic E-state index is -0.177. The first kappa shape index (κ1) is 13.5. The van der Waals surface area contributed by atoms with Crippen LogP contribution in [0.2, 0.25) is 0 Å². The summed E-state index contributed by atoms with van der Waals surface area (Å²) < 4.78 is 5.18. The van der Waals surface area contributed by atoms with E-state index in [-0.39, 0.29) is 17.3 Å². The number of hydrogen-bond acceptors (Lipinski definition) is 3. The van der Waals surface area contributed by atoms with Crippen LogP contribution < -0.4 is 0 Å². The average molecular weight is 258 g/mol. The summed E-state index contributed by atoms with van der Waals surface area (Å²) in [5.74, 6) is -0.0212. The van der Waals surface area contributed by atoms with Crippen LogP contribution in [0.15, 0.2) is 35.6 Å². The summed E-state index contributed by atoms with van der Waals surface area (Å²) >= 11 is 0. The van der Waals surface area contributed by atoms with E-state index >= 15 is 0 Å². The van der Waals surface area contributed by atoms with Crippen LogP contribution in [0.4, 0.5) is 0 Å². The highest BCUT2D eigenvalue weighted by molar-refractivity contribution is 6.26. The van der Waals surface area contributed by atoms with Gasteiger partial charge in [-0.05, 0) is 12.8 Å². The highest BCUT2D eigenvalue weighted by Crippen LogP contribution is 2.29. The molecular weight excluding hydrogens is 240 g/mol. The minimum absolute atomic E-state index is 0.0665. The number of ketones is 2. The predicted molar refractivity (Wildman–Crippen MR) is 73.3 cm³/mol. The van der Waals surface area contributed by atoms with E-state index in [1.54, 1.807) is 24.3 Å². The molecular formula is C16H18O3. The van der Waals surface area contributed by atoms with Gasteiger partial charge in [0.25, 0.3) is 0 Å². The fraction of sp³-hybridized carbons (Fsp3) is 0.375.